The van der Waals surface area contributed by atoms with Crippen molar-refractivity contribution in [2.45, 2.75) is 53.5 Å². The van der Waals surface area contributed by atoms with E-state index in [9.17, 15) is 0 Å². The summed E-state index contributed by atoms with van der Waals surface area (Å²) in [6, 6.07) is 41.4. The highest BCUT2D eigenvalue weighted by molar-refractivity contribution is 6.23. The van der Waals surface area contributed by atoms with Gasteiger partial charge in [-0.1, -0.05) is 92.7 Å². The lowest BCUT2D eigenvalue weighted by atomic mass is 9.92. The molecular weight excluding hydrogens is 532 g/mol. The van der Waals surface area contributed by atoms with Crippen molar-refractivity contribution in [3.05, 3.63) is 126 Å². The first-order valence-electron chi connectivity index (χ1n) is 15.9. The highest BCUT2D eigenvalue weighted by Crippen LogP contribution is 2.45. The third-order valence-corrected chi connectivity index (χ3v) is 9.65. The van der Waals surface area contributed by atoms with E-state index >= 15 is 0 Å². The van der Waals surface area contributed by atoms with Crippen LogP contribution in [0.25, 0.3) is 71.2 Å². The molecule has 6 aromatic carbocycles. The summed E-state index contributed by atoms with van der Waals surface area (Å²) in [7, 11) is 0. The number of fused-ring (bicyclic) bond motifs is 7. The van der Waals surface area contributed by atoms with Crippen LogP contribution >= 0.6 is 0 Å². The van der Waals surface area contributed by atoms with Gasteiger partial charge in [0.15, 0.2) is 0 Å². The van der Waals surface area contributed by atoms with Gasteiger partial charge in [0.05, 0.1) is 11.0 Å². The van der Waals surface area contributed by atoms with Gasteiger partial charge < -0.3 is 9.13 Å². The highest BCUT2D eigenvalue weighted by atomic mass is 15.0. The molecule has 0 fully saturated rings. The van der Waals surface area contributed by atoms with Crippen LogP contribution in [0.4, 0.5) is 0 Å². The minimum absolute atomic E-state index is 0.349. The van der Waals surface area contributed by atoms with E-state index in [2.05, 4.69) is 160 Å². The minimum Gasteiger partial charge on any atom is -0.338 e. The Hall–Kier alpha value is -4.82. The number of hydrogen-bond acceptors (Lipinski definition) is 0. The first kappa shape index (κ1) is 26.8. The van der Waals surface area contributed by atoms with Crippen molar-refractivity contribution in [2.24, 2.45) is 0 Å². The van der Waals surface area contributed by atoms with Gasteiger partial charge in [-0.25, -0.2) is 0 Å². The van der Waals surface area contributed by atoms with Gasteiger partial charge in [-0.05, 0) is 103 Å². The standard InChI is InChI=1S/C42H38N2/c1-25(2)35-21-28(6)38(22-27(35)5)44-37-18-12-10-16-34(37)42-40(44)23-29-13-7-8-14-31(29)41(42)30-19-20-33-32-15-9-11-17-36(32)43(26(3)4)39(33)24-30/h7-26H,1-6H3. The Balaban J connectivity index is 1.53. The Morgan fingerprint density at radius 2 is 1.18 bits per heavy atom. The fraction of sp³-hybridized carbons (Fsp3) is 0.190. The molecule has 2 aromatic heterocycles. The number of nitrogens with zero attached hydrogens (tertiary/aromatic N) is 2. The van der Waals surface area contributed by atoms with E-state index in [1.807, 2.05) is 0 Å². The Kier molecular flexibility index (Phi) is 6.00. The fourth-order valence-corrected chi connectivity index (χ4v) is 7.75. The molecule has 216 valence electrons. The van der Waals surface area contributed by atoms with Gasteiger partial charge in [-0.2, -0.15) is 0 Å². The van der Waals surface area contributed by atoms with Gasteiger partial charge in [0, 0.05) is 44.3 Å². The normalized spacial score (nSPS) is 12.3. The zero-order valence-corrected chi connectivity index (χ0v) is 26.4. The third kappa shape index (κ3) is 3.80. The molecule has 0 saturated heterocycles. The van der Waals surface area contributed by atoms with Gasteiger partial charge in [-0.15, -0.1) is 0 Å². The molecule has 8 rings (SSSR count). The van der Waals surface area contributed by atoms with Crippen LogP contribution in [0, 0.1) is 13.8 Å². The molecule has 2 heterocycles. The van der Waals surface area contributed by atoms with Gasteiger partial charge in [0.25, 0.3) is 0 Å². The lowest BCUT2D eigenvalue weighted by Crippen LogP contribution is -2.01. The molecule has 0 aliphatic carbocycles. The van der Waals surface area contributed by atoms with Crippen molar-refractivity contribution >= 4 is 54.4 Å². The van der Waals surface area contributed by atoms with Crippen molar-refractivity contribution in [3.63, 3.8) is 0 Å². The smallest absolute Gasteiger partial charge is 0.0553 e. The quantitative estimate of drug-likeness (QED) is 0.199. The van der Waals surface area contributed by atoms with Crippen LogP contribution in [0.2, 0.25) is 0 Å². The van der Waals surface area contributed by atoms with E-state index in [1.165, 1.54) is 87.9 Å². The summed E-state index contributed by atoms with van der Waals surface area (Å²) in [5, 5.41) is 7.79. The van der Waals surface area contributed by atoms with Crippen molar-refractivity contribution in [1.29, 1.82) is 0 Å². The largest absolute Gasteiger partial charge is 0.338 e. The highest BCUT2D eigenvalue weighted by Gasteiger charge is 2.22. The van der Waals surface area contributed by atoms with Crippen LogP contribution in [0.15, 0.2) is 109 Å². The fourth-order valence-electron chi connectivity index (χ4n) is 7.75. The van der Waals surface area contributed by atoms with Gasteiger partial charge >= 0.3 is 0 Å². The Labute approximate surface area is 259 Å². The molecule has 0 spiro atoms. The van der Waals surface area contributed by atoms with Crippen LogP contribution in [-0.2, 0) is 0 Å². The van der Waals surface area contributed by atoms with Crippen molar-refractivity contribution < 1.29 is 0 Å². The number of rotatable bonds is 4. The Morgan fingerprint density at radius 1 is 0.523 bits per heavy atom. The molecule has 0 N–H and O–H groups in total. The second-order valence-corrected chi connectivity index (χ2v) is 13.1. The van der Waals surface area contributed by atoms with Gasteiger partial charge in [0.1, 0.15) is 0 Å². The summed E-state index contributed by atoms with van der Waals surface area (Å²) in [6.45, 7) is 13.7. The van der Waals surface area contributed by atoms with E-state index < -0.39 is 0 Å². The van der Waals surface area contributed by atoms with E-state index in [0.717, 1.165) is 0 Å². The predicted molar refractivity (Wildman–Crippen MR) is 191 cm³/mol. The van der Waals surface area contributed by atoms with E-state index in [-0.39, 0.29) is 0 Å². The maximum Gasteiger partial charge on any atom is 0.0553 e. The number of aromatic nitrogens is 2. The summed E-state index contributed by atoms with van der Waals surface area (Å²) in [5.74, 6) is 0.493. The van der Waals surface area contributed by atoms with Crippen LogP contribution in [0.3, 0.4) is 0 Å². The monoisotopic (exact) mass is 570 g/mol. The second kappa shape index (κ2) is 9.86. The average molecular weight is 571 g/mol. The van der Waals surface area contributed by atoms with E-state index in [1.54, 1.807) is 0 Å². The molecule has 0 aliphatic rings. The molecule has 0 saturated carbocycles. The van der Waals surface area contributed by atoms with Crippen LogP contribution < -0.4 is 0 Å². The zero-order chi connectivity index (χ0) is 30.3. The Bertz CT molecular complexity index is 2410. The number of benzene rings is 6. The topological polar surface area (TPSA) is 9.86 Å². The summed E-state index contributed by atoms with van der Waals surface area (Å²) in [4.78, 5) is 0. The number of hydrogen-bond donors (Lipinski definition) is 0. The lowest BCUT2D eigenvalue weighted by molar-refractivity contribution is 0.642. The first-order valence-corrected chi connectivity index (χ1v) is 15.9. The first-order chi connectivity index (χ1) is 21.3. The van der Waals surface area contributed by atoms with Crippen molar-refractivity contribution in [1.82, 2.24) is 9.13 Å². The minimum atomic E-state index is 0.349. The SMILES string of the molecule is Cc1cc(-n2c3ccccc3c3c(-c4ccc5c6ccccc6n(C(C)C)c5c4)c4ccccc4cc32)c(C)cc1C(C)C. The molecule has 44 heavy (non-hydrogen) atoms. The molecule has 2 heteroatoms. The molecule has 0 bridgehead atoms. The molecule has 8 aromatic rings. The van der Waals surface area contributed by atoms with Gasteiger partial charge in [-0.3, -0.25) is 0 Å². The summed E-state index contributed by atoms with van der Waals surface area (Å²) >= 11 is 0. The second-order valence-electron chi connectivity index (χ2n) is 13.1. The summed E-state index contributed by atoms with van der Waals surface area (Å²) in [6.07, 6.45) is 0. The van der Waals surface area contributed by atoms with E-state index in [4.69, 9.17) is 0 Å². The van der Waals surface area contributed by atoms with Crippen LogP contribution in [0.1, 0.15) is 56.3 Å². The van der Waals surface area contributed by atoms with Crippen molar-refractivity contribution in [2.75, 3.05) is 0 Å². The lowest BCUT2D eigenvalue weighted by Gasteiger charge is -2.18. The molecular formula is C42H38N2. The average Bonchev–Trinajstić information content (AvgIpc) is 3.53. The zero-order valence-electron chi connectivity index (χ0n) is 26.4. The molecule has 2 nitrogen and oxygen atoms in total. The Morgan fingerprint density at radius 3 is 1.93 bits per heavy atom. The number of aryl methyl sites for hydroxylation is 2. The van der Waals surface area contributed by atoms with Crippen LogP contribution in [-0.4, -0.2) is 9.13 Å². The van der Waals surface area contributed by atoms with E-state index in [0.29, 0.717) is 12.0 Å². The molecule has 0 amide bonds. The number of para-hydroxylation sites is 2. The van der Waals surface area contributed by atoms with Gasteiger partial charge in [0.2, 0.25) is 0 Å². The maximum atomic E-state index is 2.51. The molecule has 0 atom stereocenters. The maximum absolute atomic E-state index is 2.51. The summed E-state index contributed by atoms with van der Waals surface area (Å²) in [5.41, 5.74) is 13.0. The van der Waals surface area contributed by atoms with Crippen molar-refractivity contribution in [3.8, 4) is 16.8 Å². The third-order valence-electron chi connectivity index (χ3n) is 9.65. The molecule has 0 radical (unpaired) electrons. The van der Waals surface area contributed by atoms with Crippen LogP contribution in [0.5, 0.6) is 0 Å². The predicted octanol–water partition coefficient (Wildman–Crippen LogP) is 12.0. The molecule has 0 unspecified atom stereocenters. The summed E-state index contributed by atoms with van der Waals surface area (Å²) < 4.78 is 5.01. The molecule has 0 aliphatic heterocycles.